The van der Waals surface area contributed by atoms with E-state index in [1.54, 1.807) is 24.6 Å². The van der Waals surface area contributed by atoms with E-state index in [4.69, 9.17) is 11.1 Å². The molecule has 7 nitrogen and oxygen atoms in total. The number of carbonyl (C=O) groups is 1. The van der Waals surface area contributed by atoms with E-state index in [0.717, 1.165) is 39.0 Å². The summed E-state index contributed by atoms with van der Waals surface area (Å²) in [6.07, 6.45) is 7.56. The summed E-state index contributed by atoms with van der Waals surface area (Å²) in [6, 6.07) is 3.67. The van der Waals surface area contributed by atoms with E-state index in [9.17, 15) is 4.79 Å². The van der Waals surface area contributed by atoms with E-state index in [2.05, 4.69) is 36.0 Å². The van der Waals surface area contributed by atoms with Crippen molar-refractivity contribution in [2.75, 3.05) is 17.7 Å². The highest BCUT2D eigenvalue weighted by Crippen LogP contribution is 2.39. The van der Waals surface area contributed by atoms with E-state index in [1.807, 2.05) is 12.1 Å². The number of ether oxygens (including phenoxy) is 1. The summed E-state index contributed by atoms with van der Waals surface area (Å²) in [5.74, 6) is 0.820. The van der Waals surface area contributed by atoms with Crippen LogP contribution in [0.1, 0.15) is 35.8 Å². The maximum atomic E-state index is 9.18. The molecule has 1 aliphatic rings. The van der Waals surface area contributed by atoms with Crippen molar-refractivity contribution in [1.29, 1.82) is 5.41 Å². The molecule has 2 aromatic heterocycles. The summed E-state index contributed by atoms with van der Waals surface area (Å²) in [5, 5.41) is 12.0. The number of nitrogens with one attached hydrogen (secondary N) is 2. The molecule has 1 aliphatic carbocycles. The maximum Gasteiger partial charge on any atom is 0.293 e. The van der Waals surface area contributed by atoms with Gasteiger partial charge < -0.3 is 21.2 Å². The fourth-order valence-corrected chi connectivity index (χ4v) is 4.90. The molecule has 0 amide bonds. The van der Waals surface area contributed by atoms with Crippen LogP contribution in [-0.2, 0) is 22.4 Å². The third-order valence-corrected chi connectivity index (χ3v) is 6.42. The topological polar surface area (TPSA) is 114 Å². The predicted molar refractivity (Wildman–Crippen MR) is 121 cm³/mol. The number of nitrogens with zero attached hydrogens (tertiary/aromatic N) is 2. The lowest BCUT2D eigenvalue weighted by atomic mass is 9.97. The molecule has 0 atom stereocenters. The number of aromatic nitrogens is 2. The van der Waals surface area contributed by atoms with Gasteiger partial charge in [-0.3, -0.25) is 4.79 Å². The van der Waals surface area contributed by atoms with E-state index >= 15 is 0 Å². The molecule has 0 aliphatic heterocycles. The lowest BCUT2D eigenvalue weighted by Crippen LogP contribution is -2.02. The number of aryl methyl sites for hydroxylation is 2. The van der Waals surface area contributed by atoms with Gasteiger partial charge in [-0.25, -0.2) is 9.97 Å². The number of nitrogen functional groups attached to an aromatic ring is 1. The van der Waals surface area contributed by atoms with Crippen LogP contribution in [0.15, 0.2) is 22.9 Å². The molecule has 2 heterocycles. The van der Waals surface area contributed by atoms with Gasteiger partial charge in [-0.2, -0.15) is 0 Å². The highest BCUT2D eigenvalue weighted by atomic mass is 79.9. The second kappa shape index (κ2) is 9.80. The molecule has 0 saturated heterocycles. The van der Waals surface area contributed by atoms with Crippen LogP contribution >= 0.6 is 27.3 Å². The van der Waals surface area contributed by atoms with Gasteiger partial charge in [0.15, 0.2) is 0 Å². The Balaban J connectivity index is 0.000000431. The summed E-state index contributed by atoms with van der Waals surface area (Å²) < 4.78 is 5.00. The van der Waals surface area contributed by atoms with Crippen LogP contribution in [0.5, 0.6) is 0 Å². The first-order valence-corrected chi connectivity index (χ1v) is 10.9. The zero-order valence-corrected chi connectivity index (χ0v) is 18.4. The van der Waals surface area contributed by atoms with Crippen molar-refractivity contribution in [3.05, 3.63) is 38.9 Å². The van der Waals surface area contributed by atoms with Crippen LogP contribution in [-0.4, -0.2) is 29.3 Å². The average molecular weight is 476 g/mol. The molecular weight excluding hydrogens is 454 g/mol. The summed E-state index contributed by atoms with van der Waals surface area (Å²) in [7, 11) is 0. The maximum absolute atomic E-state index is 9.18. The molecule has 9 heteroatoms. The number of hydrogen-bond donors (Lipinski definition) is 3. The number of halogens is 1. The van der Waals surface area contributed by atoms with Crippen LogP contribution in [0.4, 0.5) is 17.2 Å². The van der Waals surface area contributed by atoms with Crippen LogP contribution in [0.25, 0.3) is 10.2 Å². The van der Waals surface area contributed by atoms with Gasteiger partial charge in [-0.05, 0) is 66.2 Å². The molecule has 0 bridgehead atoms. The Morgan fingerprint density at radius 1 is 1.34 bits per heavy atom. The van der Waals surface area contributed by atoms with Gasteiger partial charge in [0.2, 0.25) is 0 Å². The first-order valence-electron chi connectivity index (χ1n) is 9.26. The second-order valence-electron chi connectivity index (χ2n) is 6.40. The molecule has 0 spiro atoms. The van der Waals surface area contributed by atoms with Crippen molar-refractivity contribution in [3.63, 3.8) is 0 Å². The zero-order valence-electron chi connectivity index (χ0n) is 16.0. The normalized spacial score (nSPS) is 12.5. The standard InChI is InChI=1S/C17H16BrN5S.C3H6O2/c18-11-6-12(20)9(7-19)5-13(11)23-16-15-10-3-1-2-4-14(10)24-17(15)22-8-21-16;1-2-5-3-4/h5-8,19H,1-4,20H2,(H,21,22,23);3H,2H2,1H3. The van der Waals surface area contributed by atoms with Gasteiger partial charge in [0.05, 0.1) is 17.7 Å². The Kier molecular flexibility index (Phi) is 7.16. The number of nitrogens with two attached hydrogens (primary N) is 1. The Morgan fingerprint density at radius 3 is 2.83 bits per heavy atom. The zero-order chi connectivity index (χ0) is 20.8. The number of hydrogen-bond acceptors (Lipinski definition) is 8. The van der Waals surface area contributed by atoms with Crippen molar-refractivity contribution in [2.24, 2.45) is 0 Å². The highest BCUT2D eigenvalue weighted by molar-refractivity contribution is 9.10. The number of fused-ring (bicyclic) bond motifs is 3. The van der Waals surface area contributed by atoms with Crippen LogP contribution in [0.3, 0.4) is 0 Å². The minimum atomic E-state index is 0.431. The van der Waals surface area contributed by atoms with E-state index in [1.165, 1.54) is 29.5 Å². The third-order valence-electron chi connectivity index (χ3n) is 4.57. The van der Waals surface area contributed by atoms with Crippen molar-refractivity contribution >= 4 is 67.4 Å². The lowest BCUT2D eigenvalue weighted by molar-refractivity contribution is -0.128. The van der Waals surface area contributed by atoms with Gasteiger partial charge in [0.1, 0.15) is 17.0 Å². The number of rotatable bonds is 5. The van der Waals surface area contributed by atoms with Crippen molar-refractivity contribution in [3.8, 4) is 0 Å². The summed E-state index contributed by atoms with van der Waals surface area (Å²) >= 11 is 5.32. The Morgan fingerprint density at radius 2 is 2.14 bits per heavy atom. The summed E-state index contributed by atoms with van der Waals surface area (Å²) in [6.45, 7) is 2.66. The van der Waals surface area contributed by atoms with E-state index < -0.39 is 0 Å². The van der Waals surface area contributed by atoms with Crippen LogP contribution < -0.4 is 11.1 Å². The van der Waals surface area contributed by atoms with Gasteiger partial charge in [0, 0.05) is 26.8 Å². The molecule has 0 saturated carbocycles. The van der Waals surface area contributed by atoms with Gasteiger partial charge in [-0.1, -0.05) is 0 Å². The Hall–Kier alpha value is -2.52. The van der Waals surface area contributed by atoms with Gasteiger partial charge in [-0.15, -0.1) is 11.3 Å². The fraction of sp³-hybridized carbons (Fsp3) is 0.300. The van der Waals surface area contributed by atoms with Crippen molar-refractivity contribution < 1.29 is 9.53 Å². The largest absolute Gasteiger partial charge is 0.468 e. The summed E-state index contributed by atoms with van der Waals surface area (Å²) in [4.78, 5) is 20.6. The molecule has 1 aromatic carbocycles. The second-order valence-corrected chi connectivity index (χ2v) is 8.33. The Bertz CT molecular complexity index is 1040. The molecule has 152 valence electrons. The van der Waals surface area contributed by atoms with Crippen molar-refractivity contribution in [2.45, 2.75) is 32.6 Å². The predicted octanol–water partition coefficient (Wildman–Crippen LogP) is 4.84. The number of anilines is 3. The van der Waals surface area contributed by atoms with E-state index in [-0.39, 0.29) is 0 Å². The monoisotopic (exact) mass is 475 g/mol. The first kappa shape index (κ1) is 21.2. The fourth-order valence-electron chi connectivity index (χ4n) is 3.21. The molecule has 29 heavy (non-hydrogen) atoms. The number of thiophene rings is 1. The lowest BCUT2D eigenvalue weighted by Gasteiger charge is -2.14. The Labute approximate surface area is 181 Å². The molecular formula is C20H22BrN5O2S. The molecule has 4 rings (SSSR count). The van der Waals surface area contributed by atoms with Crippen molar-refractivity contribution in [1.82, 2.24) is 9.97 Å². The van der Waals surface area contributed by atoms with E-state index in [0.29, 0.717) is 24.3 Å². The van der Waals surface area contributed by atoms with Gasteiger partial charge in [0.25, 0.3) is 6.47 Å². The molecule has 0 fully saturated rings. The number of carbonyl (C=O) groups excluding carboxylic acids is 1. The first-order chi connectivity index (χ1) is 14.1. The third kappa shape index (κ3) is 4.73. The number of benzene rings is 1. The average Bonchev–Trinajstić information content (AvgIpc) is 3.10. The van der Waals surface area contributed by atoms with Crippen LogP contribution in [0.2, 0.25) is 0 Å². The summed E-state index contributed by atoms with van der Waals surface area (Å²) in [5.41, 5.74) is 9.42. The minimum Gasteiger partial charge on any atom is -0.468 e. The highest BCUT2D eigenvalue weighted by Gasteiger charge is 2.20. The molecule has 0 unspecified atom stereocenters. The smallest absolute Gasteiger partial charge is 0.293 e. The molecule has 0 radical (unpaired) electrons. The quantitative estimate of drug-likeness (QED) is 0.276. The molecule has 3 aromatic rings. The van der Waals surface area contributed by atoms with Crippen LogP contribution in [0, 0.1) is 5.41 Å². The van der Waals surface area contributed by atoms with Gasteiger partial charge >= 0.3 is 0 Å². The SMILES string of the molecule is CCOC=O.N=Cc1cc(Nc2ncnc3sc4c(c23)CCCC4)c(Br)cc1N. The minimum absolute atomic E-state index is 0.431. The molecule has 4 N–H and O–H groups in total.